The van der Waals surface area contributed by atoms with Crippen molar-refractivity contribution in [2.45, 2.75) is 25.4 Å². The first-order valence-corrected chi connectivity index (χ1v) is 6.72. The molecule has 2 heterocycles. The highest BCUT2D eigenvalue weighted by Gasteiger charge is 2.40. The van der Waals surface area contributed by atoms with Gasteiger partial charge in [0.15, 0.2) is 0 Å². The maximum absolute atomic E-state index is 10.4. The van der Waals surface area contributed by atoms with Gasteiger partial charge < -0.3 is 5.11 Å². The lowest BCUT2D eigenvalue weighted by Crippen LogP contribution is -2.29. The van der Waals surface area contributed by atoms with Crippen molar-refractivity contribution in [1.29, 1.82) is 0 Å². The van der Waals surface area contributed by atoms with Crippen molar-refractivity contribution in [1.82, 2.24) is 0 Å². The lowest BCUT2D eigenvalue weighted by Gasteiger charge is -2.35. The molecule has 0 bridgehead atoms. The van der Waals surface area contributed by atoms with Crippen molar-refractivity contribution < 1.29 is 5.11 Å². The Bertz CT molecular complexity index is 507. The molecule has 0 aromatic carbocycles. The molecule has 0 radical (unpaired) electrons. The Hall–Kier alpha value is -0.640. The van der Waals surface area contributed by atoms with E-state index in [4.69, 9.17) is 0 Å². The Morgan fingerprint density at radius 1 is 1.13 bits per heavy atom. The molecule has 3 rings (SSSR count). The summed E-state index contributed by atoms with van der Waals surface area (Å²) in [4.78, 5) is 2.60. The van der Waals surface area contributed by atoms with Crippen LogP contribution < -0.4 is 0 Å². The van der Waals surface area contributed by atoms with E-state index in [1.54, 1.807) is 22.7 Å². The van der Waals surface area contributed by atoms with E-state index in [-0.39, 0.29) is 11.5 Å². The molecule has 2 aromatic heterocycles. The van der Waals surface area contributed by atoms with E-state index < -0.39 is 0 Å². The van der Waals surface area contributed by atoms with Gasteiger partial charge >= 0.3 is 0 Å². The highest BCUT2D eigenvalue weighted by molar-refractivity contribution is 7.20. The van der Waals surface area contributed by atoms with E-state index in [0.717, 1.165) is 5.56 Å². The van der Waals surface area contributed by atoms with E-state index in [0.29, 0.717) is 0 Å². The minimum Gasteiger partial charge on any atom is -0.387 e. The molecule has 3 heteroatoms. The maximum atomic E-state index is 10.4. The second-order valence-corrected chi connectivity index (χ2v) is 6.32. The number of hydrogen-bond acceptors (Lipinski definition) is 3. The van der Waals surface area contributed by atoms with Crippen LogP contribution in [0.1, 0.15) is 31.1 Å². The summed E-state index contributed by atoms with van der Waals surface area (Å²) in [6.45, 7) is 4.23. The molecule has 1 aliphatic carbocycles. The highest BCUT2D eigenvalue weighted by atomic mass is 32.1. The molecule has 0 saturated heterocycles. The molecule has 0 spiro atoms. The third-order valence-corrected chi connectivity index (χ3v) is 5.25. The fraction of sp³-hybridized carbons (Fsp3) is 0.333. The Labute approximate surface area is 97.0 Å². The van der Waals surface area contributed by atoms with Gasteiger partial charge in [0.05, 0.1) is 11.0 Å². The molecule has 0 aliphatic heterocycles. The van der Waals surface area contributed by atoms with Crippen LogP contribution in [0.5, 0.6) is 0 Å². The zero-order valence-electron chi connectivity index (χ0n) is 8.65. The molecular formula is C12H12OS2. The monoisotopic (exact) mass is 236 g/mol. The summed E-state index contributed by atoms with van der Waals surface area (Å²) >= 11 is 3.50. The van der Waals surface area contributed by atoms with Gasteiger partial charge in [-0.2, -0.15) is 0 Å². The molecule has 0 amide bonds. The van der Waals surface area contributed by atoms with Crippen LogP contribution in [0.3, 0.4) is 0 Å². The van der Waals surface area contributed by atoms with E-state index in [1.807, 2.05) is 0 Å². The topological polar surface area (TPSA) is 20.2 Å². The van der Waals surface area contributed by atoms with Crippen molar-refractivity contribution in [3.8, 4) is 9.75 Å². The molecule has 78 valence electrons. The third kappa shape index (κ3) is 1.11. The molecule has 2 aromatic rings. The summed E-state index contributed by atoms with van der Waals surface area (Å²) in [7, 11) is 0. The standard InChI is InChI=1S/C12H12OS2/c1-12(2)8-4-6-15-10(8)9-7(11(12)13)3-5-14-9/h3-6,11,13H,1-2H3. The Kier molecular flexibility index (Phi) is 1.88. The number of rotatable bonds is 0. The average Bonchev–Trinajstić information content (AvgIpc) is 2.82. The van der Waals surface area contributed by atoms with Crippen LogP contribution >= 0.6 is 22.7 Å². The fourth-order valence-corrected chi connectivity index (χ4v) is 4.44. The van der Waals surface area contributed by atoms with Crippen LogP contribution in [-0.2, 0) is 5.41 Å². The van der Waals surface area contributed by atoms with E-state index in [1.165, 1.54) is 15.3 Å². The van der Waals surface area contributed by atoms with Crippen molar-refractivity contribution in [2.24, 2.45) is 0 Å². The van der Waals surface area contributed by atoms with Gasteiger partial charge in [0, 0.05) is 15.9 Å². The van der Waals surface area contributed by atoms with Crippen LogP contribution in [0.15, 0.2) is 22.9 Å². The Balaban J connectivity index is 2.36. The number of aliphatic hydroxyl groups is 1. The number of hydrogen-bond donors (Lipinski definition) is 1. The minimum atomic E-state index is -0.374. The maximum Gasteiger partial charge on any atom is 0.0896 e. The van der Waals surface area contributed by atoms with Crippen molar-refractivity contribution in [3.63, 3.8) is 0 Å². The van der Waals surface area contributed by atoms with Gasteiger partial charge in [-0.3, -0.25) is 0 Å². The van der Waals surface area contributed by atoms with Gasteiger partial charge in [-0.15, -0.1) is 22.7 Å². The average molecular weight is 236 g/mol. The van der Waals surface area contributed by atoms with Crippen molar-refractivity contribution in [3.05, 3.63) is 34.0 Å². The normalized spacial score (nSPS) is 22.2. The molecule has 15 heavy (non-hydrogen) atoms. The SMILES string of the molecule is CC1(C)c2ccsc2-c2sccc2C1O. The summed E-state index contributed by atoms with van der Waals surface area (Å²) in [5, 5.41) is 14.5. The number of fused-ring (bicyclic) bond motifs is 3. The van der Waals surface area contributed by atoms with Crippen LogP contribution in [-0.4, -0.2) is 5.11 Å². The summed E-state index contributed by atoms with van der Waals surface area (Å²) in [5.41, 5.74) is 2.22. The second-order valence-electron chi connectivity index (χ2n) is 4.49. The van der Waals surface area contributed by atoms with Gasteiger partial charge in [0.1, 0.15) is 0 Å². The van der Waals surface area contributed by atoms with Crippen molar-refractivity contribution in [2.75, 3.05) is 0 Å². The molecule has 1 atom stereocenters. The minimum absolute atomic E-state index is 0.163. The zero-order chi connectivity index (χ0) is 10.6. The highest BCUT2D eigenvalue weighted by Crippen LogP contribution is 2.52. The molecule has 0 saturated carbocycles. The predicted molar refractivity (Wildman–Crippen MR) is 65.6 cm³/mol. The summed E-state index contributed by atoms with van der Waals surface area (Å²) in [6.07, 6.45) is -0.374. The van der Waals surface area contributed by atoms with Gasteiger partial charge in [-0.1, -0.05) is 13.8 Å². The summed E-state index contributed by atoms with van der Waals surface area (Å²) < 4.78 is 0. The van der Waals surface area contributed by atoms with Crippen LogP contribution in [0.2, 0.25) is 0 Å². The molecular weight excluding hydrogens is 224 g/mol. The predicted octanol–water partition coefficient (Wildman–Crippen LogP) is 3.80. The summed E-state index contributed by atoms with van der Waals surface area (Å²) in [5.74, 6) is 0. The molecule has 1 aliphatic rings. The first kappa shape index (κ1) is 9.58. The summed E-state index contributed by atoms with van der Waals surface area (Å²) in [6, 6.07) is 4.20. The fourth-order valence-electron chi connectivity index (χ4n) is 2.25. The lowest BCUT2D eigenvalue weighted by atomic mass is 9.73. The van der Waals surface area contributed by atoms with Gasteiger partial charge in [0.2, 0.25) is 0 Å². The first-order chi connectivity index (χ1) is 7.12. The number of thiophene rings is 2. The van der Waals surface area contributed by atoms with Crippen molar-refractivity contribution >= 4 is 22.7 Å². The van der Waals surface area contributed by atoms with Crippen LogP contribution in [0, 0.1) is 0 Å². The molecule has 0 fully saturated rings. The van der Waals surface area contributed by atoms with E-state index >= 15 is 0 Å². The van der Waals surface area contributed by atoms with Crippen LogP contribution in [0.4, 0.5) is 0 Å². The van der Waals surface area contributed by atoms with Gasteiger partial charge in [-0.05, 0) is 28.5 Å². The number of aliphatic hydroxyl groups excluding tert-OH is 1. The van der Waals surface area contributed by atoms with Gasteiger partial charge in [0.25, 0.3) is 0 Å². The Morgan fingerprint density at radius 3 is 2.60 bits per heavy atom. The quantitative estimate of drug-likeness (QED) is 0.737. The smallest absolute Gasteiger partial charge is 0.0896 e. The second kappa shape index (κ2) is 2.94. The molecule has 1 unspecified atom stereocenters. The first-order valence-electron chi connectivity index (χ1n) is 4.96. The van der Waals surface area contributed by atoms with Gasteiger partial charge in [-0.25, -0.2) is 0 Å². The third-order valence-electron chi connectivity index (χ3n) is 3.24. The largest absolute Gasteiger partial charge is 0.387 e. The zero-order valence-corrected chi connectivity index (χ0v) is 10.3. The van der Waals surface area contributed by atoms with E-state index in [2.05, 4.69) is 36.7 Å². The molecule has 1 nitrogen and oxygen atoms in total. The van der Waals surface area contributed by atoms with Crippen LogP contribution in [0.25, 0.3) is 9.75 Å². The lowest BCUT2D eigenvalue weighted by molar-refractivity contribution is 0.0994. The van der Waals surface area contributed by atoms with E-state index in [9.17, 15) is 5.11 Å². The molecule has 1 N–H and O–H groups in total. The Morgan fingerprint density at radius 2 is 1.80 bits per heavy atom.